The standard InChI is InChI=1S/C12H12N4O2/c1-7-9(6-13)10(15-17-7)5-12-14-11(16-18-12)4-8-2-3-8/h8H,2-5H2,1H3. The van der Waals surface area contributed by atoms with Crippen molar-refractivity contribution in [2.24, 2.45) is 5.92 Å². The quantitative estimate of drug-likeness (QED) is 0.814. The zero-order valence-electron chi connectivity index (χ0n) is 10.0. The summed E-state index contributed by atoms with van der Waals surface area (Å²) in [6, 6.07) is 2.07. The Morgan fingerprint density at radius 1 is 1.33 bits per heavy atom. The number of nitriles is 1. The summed E-state index contributed by atoms with van der Waals surface area (Å²) in [4.78, 5) is 4.30. The predicted molar refractivity (Wildman–Crippen MR) is 59.5 cm³/mol. The molecule has 6 heteroatoms. The van der Waals surface area contributed by atoms with Gasteiger partial charge in [-0.25, -0.2) is 0 Å². The molecule has 2 aromatic heterocycles. The lowest BCUT2D eigenvalue weighted by Gasteiger charge is -1.89. The van der Waals surface area contributed by atoms with Crippen molar-refractivity contribution in [3.8, 4) is 6.07 Å². The molecule has 18 heavy (non-hydrogen) atoms. The summed E-state index contributed by atoms with van der Waals surface area (Å²) in [5.74, 6) is 2.46. The average molecular weight is 244 g/mol. The van der Waals surface area contributed by atoms with Crippen LogP contribution in [0.2, 0.25) is 0 Å². The normalized spacial score (nSPS) is 14.7. The maximum absolute atomic E-state index is 8.98. The summed E-state index contributed by atoms with van der Waals surface area (Å²) in [6.45, 7) is 1.71. The molecule has 0 amide bonds. The largest absolute Gasteiger partial charge is 0.360 e. The van der Waals surface area contributed by atoms with Gasteiger partial charge in [-0.05, 0) is 25.7 Å². The third-order valence-corrected chi connectivity index (χ3v) is 3.04. The van der Waals surface area contributed by atoms with Crippen LogP contribution in [0.3, 0.4) is 0 Å². The molecule has 0 radical (unpaired) electrons. The summed E-state index contributed by atoms with van der Waals surface area (Å²) < 4.78 is 10.1. The minimum atomic E-state index is 0.345. The fourth-order valence-electron chi connectivity index (χ4n) is 1.85. The molecule has 0 saturated heterocycles. The van der Waals surface area contributed by atoms with E-state index in [1.807, 2.05) is 0 Å². The fourth-order valence-corrected chi connectivity index (χ4v) is 1.85. The number of hydrogen-bond donors (Lipinski definition) is 0. The van der Waals surface area contributed by atoms with Crippen molar-refractivity contribution in [2.45, 2.75) is 32.6 Å². The fraction of sp³-hybridized carbons (Fsp3) is 0.500. The molecule has 0 aromatic carbocycles. The van der Waals surface area contributed by atoms with Crippen LogP contribution in [0.25, 0.3) is 0 Å². The number of aromatic nitrogens is 3. The molecular formula is C12H12N4O2. The molecule has 0 aliphatic heterocycles. The second-order valence-corrected chi connectivity index (χ2v) is 4.60. The predicted octanol–water partition coefficient (Wildman–Crippen LogP) is 1.78. The molecule has 0 bridgehead atoms. The van der Waals surface area contributed by atoms with Crippen molar-refractivity contribution in [1.29, 1.82) is 5.26 Å². The van der Waals surface area contributed by atoms with E-state index in [2.05, 4.69) is 21.4 Å². The van der Waals surface area contributed by atoms with Crippen LogP contribution >= 0.6 is 0 Å². The molecule has 2 aromatic rings. The van der Waals surface area contributed by atoms with Crippen molar-refractivity contribution >= 4 is 0 Å². The van der Waals surface area contributed by atoms with Gasteiger partial charge < -0.3 is 9.05 Å². The molecule has 0 unspecified atom stereocenters. The van der Waals surface area contributed by atoms with Crippen LogP contribution in [0.4, 0.5) is 0 Å². The first-order valence-corrected chi connectivity index (χ1v) is 5.93. The van der Waals surface area contributed by atoms with Crippen LogP contribution in [0.5, 0.6) is 0 Å². The Labute approximate surface area is 104 Å². The number of nitrogens with zero attached hydrogens (tertiary/aromatic N) is 4. The number of aryl methyl sites for hydroxylation is 1. The molecule has 3 rings (SSSR count). The Hall–Kier alpha value is -2.16. The lowest BCUT2D eigenvalue weighted by atomic mass is 10.1. The van der Waals surface area contributed by atoms with E-state index in [0.717, 1.165) is 18.2 Å². The van der Waals surface area contributed by atoms with Crippen LogP contribution in [-0.2, 0) is 12.8 Å². The van der Waals surface area contributed by atoms with Gasteiger partial charge in [0.1, 0.15) is 17.3 Å². The van der Waals surface area contributed by atoms with E-state index < -0.39 is 0 Å². The van der Waals surface area contributed by atoms with Crippen LogP contribution < -0.4 is 0 Å². The molecule has 1 aliphatic rings. The van der Waals surface area contributed by atoms with Crippen molar-refractivity contribution < 1.29 is 9.05 Å². The molecule has 0 N–H and O–H groups in total. The van der Waals surface area contributed by atoms with E-state index >= 15 is 0 Å². The highest BCUT2D eigenvalue weighted by Gasteiger charge is 2.24. The Kier molecular flexibility index (Phi) is 2.59. The minimum absolute atomic E-state index is 0.345. The van der Waals surface area contributed by atoms with Crippen molar-refractivity contribution in [1.82, 2.24) is 15.3 Å². The molecule has 1 fully saturated rings. The Bertz CT molecular complexity index is 604. The first-order chi connectivity index (χ1) is 8.76. The monoisotopic (exact) mass is 244 g/mol. The lowest BCUT2D eigenvalue weighted by Crippen LogP contribution is -1.94. The molecule has 1 aliphatic carbocycles. The van der Waals surface area contributed by atoms with E-state index in [9.17, 15) is 0 Å². The second kappa shape index (κ2) is 4.26. The summed E-state index contributed by atoms with van der Waals surface area (Å²) >= 11 is 0. The van der Waals surface area contributed by atoms with Gasteiger partial charge in [-0.2, -0.15) is 10.2 Å². The van der Waals surface area contributed by atoms with Gasteiger partial charge in [-0.15, -0.1) is 0 Å². The van der Waals surface area contributed by atoms with Gasteiger partial charge in [0.25, 0.3) is 0 Å². The molecule has 92 valence electrons. The van der Waals surface area contributed by atoms with Gasteiger partial charge in [-0.3, -0.25) is 0 Å². The van der Waals surface area contributed by atoms with Gasteiger partial charge in [-0.1, -0.05) is 10.3 Å². The summed E-state index contributed by atoms with van der Waals surface area (Å²) in [5.41, 5.74) is 1.01. The van der Waals surface area contributed by atoms with E-state index in [1.54, 1.807) is 6.92 Å². The van der Waals surface area contributed by atoms with Gasteiger partial charge in [0.15, 0.2) is 11.6 Å². The van der Waals surface area contributed by atoms with Crippen LogP contribution in [-0.4, -0.2) is 15.3 Å². The van der Waals surface area contributed by atoms with Crippen LogP contribution in [0, 0.1) is 24.2 Å². The second-order valence-electron chi connectivity index (χ2n) is 4.60. The zero-order valence-corrected chi connectivity index (χ0v) is 10.0. The molecular weight excluding hydrogens is 232 g/mol. The van der Waals surface area contributed by atoms with Gasteiger partial charge in [0.2, 0.25) is 5.89 Å². The van der Waals surface area contributed by atoms with E-state index in [1.165, 1.54) is 12.8 Å². The maximum Gasteiger partial charge on any atom is 0.232 e. The third kappa shape index (κ3) is 2.12. The average Bonchev–Trinajstić information content (AvgIpc) is 2.94. The first-order valence-electron chi connectivity index (χ1n) is 5.93. The third-order valence-electron chi connectivity index (χ3n) is 3.04. The Balaban J connectivity index is 1.75. The topological polar surface area (TPSA) is 88.7 Å². The van der Waals surface area contributed by atoms with Crippen LogP contribution in [0.1, 0.15) is 41.6 Å². The van der Waals surface area contributed by atoms with Gasteiger partial charge >= 0.3 is 0 Å². The van der Waals surface area contributed by atoms with Crippen molar-refractivity contribution in [3.05, 3.63) is 28.7 Å². The highest BCUT2D eigenvalue weighted by Crippen LogP contribution is 2.31. The lowest BCUT2D eigenvalue weighted by molar-refractivity contribution is 0.367. The molecule has 6 nitrogen and oxygen atoms in total. The molecule has 1 saturated carbocycles. The highest BCUT2D eigenvalue weighted by atomic mass is 16.5. The summed E-state index contributed by atoms with van der Waals surface area (Å²) in [5, 5.41) is 16.7. The number of hydrogen-bond acceptors (Lipinski definition) is 6. The molecule has 0 atom stereocenters. The van der Waals surface area contributed by atoms with Gasteiger partial charge in [0, 0.05) is 6.42 Å². The van der Waals surface area contributed by atoms with Gasteiger partial charge in [0.05, 0.1) is 6.42 Å². The smallest absolute Gasteiger partial charge is 0.232 e. The highest BCUT2D eigenvalue weighted by molar-refractivity contribution is 5.36. The Morgan fingerprint density at radius 3 is 2.89 bits per heavy atom. The van der Waals surface area contributed by atoms with Crippen LogP contribution in [0.15, 0.2) is 9.05 Å². The Morgan fingerprint density at radius 2 is 2.17 bits per heavy atom. The summed E-state index contributed by atoms with van der Waals surface area (Å²) in [7, 11) is 0. The number of rotatable bonds is 4. The molecule has 2 heterocycles. The van der Waals surface area contributed by atoms with E-state index in [4.69, 9.17) is 14.3 Å². The SMILES string of the molecule is Cc1onc(Cc2nc(CC3CC3)no2)c1C#N. The maximum atomic E-state index is 8.98. The minimum Gasteiger partial charge on any atom is -0.360 e. The van der Waals surface area contributed by atoms with E-state index in [0.29, 0.717) is 29.3 Å². The van der Waals surface area contributed by atoms with Crippen molar-refractivity contribution in [2.75, 3.05) is 0 Å². The van der Waals surface area contributed by atoms with Crippen molar-refractivity contribution in [3.63, 3.8) is 0 Å². The molecule has 0 spiro atoms. The zero-order chi connectivity index (χ0) is 12.5. The van der Waals surface area contributed by atoms with E-state index in [-0.39, 0.29) is 0 Å². The summed E-state index contributed by atoms with van der Waals surface area (Å²) in [6.07, 6.45) is 3.74. The first kappa shape index (κ1) is 11.0.